The second-order valence-corrected chi connectivity index (χ2v) is 6.68. The number of hydrogen-bond acceptors (Lipinski definition) is 5. The number of nitrogens with zero attached hydrogens (tertiary/aromatic N) is 1. The largest absolute Gasteiger partial charge is 0.457 e. The fraction of sp³-hybridized carbons (Fsp3) is 0.250. The standard InChI is InChI=1S/C16H19NO5S/c18-12-10-17(11-13-19)23(20,21)16-8-6-15(7-9-16)22-14-4-2-1-3-5-14/h1-9,18-19H,10-13H2. The van der Waals surface area contributed by atoms with E-state index < -0.39 is 10.0 Å². The maximum absolute atomic E-state index is 12.4. The van der Waals surface area contributed by atoms with Gasteiger partial charge in [0.25, 0.3) is 0 Å². The maximum Gasteiger partial charge on any atom is 0.243 e. The van der Waals surface area contributed by atoms with Crippen molar-refractivity contribution in [1.29, 1.82) is 0 Å². The molecule has 0 aliphatic heterocycles. The van der Waals surface area contributed by atoms with Crippen LogP contribution in [0.1, 0.15) is 0 Å². The molecule has 0 bridgehead atoms. The van der Waals surface area contributed by atoms with Crippen molar-refractivity contribution in [3.05, 3.63) is 54.6 Å². The fourth-order valence-corrected chi connectivity index (χ4v) is 3.45. The number of rotatable bonds is 8. The maximum atomic E-state index is 12.4. The Labute approximate surface area is 135 Å². The minimum atomic E-state index is -3.76. The van der Waals surface area contributed by atoms with Crippen LogP contribution in [0.4, 0.5) is 0 Å². The van der Waals surface area contributed by atoms with Gasteiger partial charge in [0, 0.05) is 13.1 Å². The molecule has 0 aromatic heterocycles. The molecular weight excluding hydrogens is 318 g/mol. The first-order valence-electron chi connectivity index (χ1n) is 7.13. The van der Waals surface area contributed by atoms with Gasteiger partial charge in [-0.1, -0.05) is 18.2 Å². The fourth-order valence-electron chi connectivity index (χ4n) is 2.03. The highest BCUT2D eigenvalue weighted by Gasteiger charge is 2.23. The Hall–Kier alpha value is -1.93. The van der Waals surface area contributed by atoms with Gasteiger partial charge in [0.05, 0.1) is 18.1 Å². The van der Waals surface area contributed by atoms with Gasteiger partial charge in [-0.3, -0.25) is 0 Å². The Bertz CT molecular complexity index is 695. The summed E-state index contributed by atoms with van der Waals surface area (Å²) in [6, 6.07) is 15.2. The number of hydrogen-bond donors (Lipinski definition) is 2. The van der Waals surface area contributed by atoms with Gasteiger partial charge in [0.15, 0.2) is 0 Å². The smallest absolute Gasteiger partial charge is 0.243 e. The summed E-state index contributed by atoms with van der Waals surface area (Å²) in [4.78, 5) is 0.0832. The van der Waals surface area contributed by atoms with Crippen molar-refractivity contribution in [2.24, 2.45) is 0 Å². The minimum absolute atomic E-state index is 0.0643. The van der Waals surface area contributed by atoms with Crippen LogP contribution in [0.15, 0.2) is 59.5 Å². The van der Waals surface area contributed by atoms with Crippen LogP contribution < -0.4 is 4.74 Å². The molecule has 2 aromatic rings. The van der Waals surface area contributed by atoms with Crippen molar-refractivity contribution in [2.75, 3.05) is 26.3 Å². The molecule has 0 unspecified atom stereocenters. The van der Waals surface area contributed by atoms with E-state index in [9.17, 15) is 8.42 Å². The summed E-state index contributed by atoms with van der Waals surface area (Å²) in [7, 11) is -3.76. The molecule has 23 heavy (non-hydrogen) atoms. The van der Waals surface area contributed by atoms with Crippen molar-refractivity contribution in [1.82, 2.24) is 4.31 Å². The first kappa shape index (κ1) is 17.4. The summed E-state index contributed by atoms with van der Waals surface area (Å²) in [5.41, 5.74) is 0. The Balaban J connectivity index is 2.17. The van der Waals surface area contributed by atoms with Gasteiger partial charge < -0.3 is 14.9 Å². The molecule has 2 rings (SSSR count). The lowest BCUT2D eigenvalue weighted by atomic mass is 10.3. The van der Waals surface area contributed by atoms with Gasteiger partial charge in [-0.15, -0.1) is 0 Å². The van der Waals surface area contributed by atoms with Crippen LogP contribution in [0.25, 0.3) is 0 Å². The summed E-state index contributed by atoms with van der Waals surface area (Å²) < 4.78 is 31.5. The van der Waals surface area contributed by atoms with Crippen molar-refractivity contribution < 1.29 is 23.4 Å². The predicted octanol–water partition coefficient (Wildman–Crippen LogP) is 1.45. The summed E-state index contributed by atoms with van der Waals surface area (Å²) in [5.74, 6) is 1.18. The molecule has 2 N–H and O–H groups in total. The van der Waals surface area contributed by atoms with Crippen LogP contribution in [0.2, 0.25) is 0 Å². The van der Waals surface area contributed by atoms with E-state index >= 15 is 0 Å². The average Bonchev–Trinajstić information content (AvgIpc) is 2.56. The second-order valence-electron chi connectivity index (χ2n) is 4.74. The third-order valence-electron chi connectivity index (χ3n) is 3.14. The van der Waals surface area contributed by atoms with E-state index in [-0.39, 0.29) is 31.2 Å². The summed E-state index contributed by atoms with van der Waals surface area (Å²) in [5, 5.41) is 17.9. The van der Waals surface area contributed by atoms with Gasteiger partial charge in [0.1, 0.15) is 11.5 Å². The zero-order valence-electron chi connectivity index (χ0n) is 12.5. The van der Waals surface area contributed by atoms with Crippen LogP contribution in [0, 0.1) is 0 Å². The Morgan fingerprint density at radius 1 is 0.826 bits per heavy atom. The van der Waals surface area contributed by atoms with Crippen LogP contribution in [0.3, 0.4) is 0 Å². The lowest BCUT2D eigenvalue weighted by Crippen LogP contribution is -2.35. The zero-order chi connectivity index (χ0) is 16.7. The molecule has 6 nitrogen and oxygen atoms in total. The topological polar surface area (TPSA) is 87.1 Å². The number of ether oxygens (including phenoxy) is 1. The molecule has 0 aliphatic carbocycles. The van der Waals surface area contributed by atoms with Gasteiger partial charge in [-0.25, -0.2) is 8.42 Å². The first-order chi connectivity index (χ1) is 11.1. The van der Waals surface area contributed by atoms with E-state index in [1.54, 1.807) is 24.3 Å². The van der Waals surface area contributed by atoms with Gasteiger partial charge in [0.2, 0.25) is 10.0 Å². The predicted molar refractivity (Wildman–Crippen MR) is 85.9 cm³/mol. The van der Waals surface area contributed by atoms with E-state index in [4.69, 9.17) is 14.9 Å². The molecule has 0 saturated carbocycles. The number of aliphatic hydroxyl groups is 2. The van der Waals surface area contributed by atoms with Crippen molar-refractivity contribution in [3.63, 3.8) is 0 Å². The van der Waals surface area contributed by atoms with Crippen LogP contribution in [-0.4, -0.2) is 49.2 Å². The lowest BCUT2D eigenvalue weighted by molar-refractivity contribution is 0.217. The van der Waals surface area contributed by atoms with E-state index in [1.165, 1.54) is 12.1 Å². The third-order valence-corrected chi connectivity index (χ3v) is 5.05. The van der Waals surface area contributed by atoms with Gasteiger partial charge in [-0.05, 0) is 36.4 Å². The molecule has 0 amide bonds. The quantitative estimate of drug-likeness (QED) is 0.761. The average molecular weight is 337 g/mol. The van der Waals surface area contributed by atoms with E-state index in [0.717, 1.165) is 4.31 Å². The summed E-state index contributed by atoms with van der Waals surface area (Å²) in [6.07, 6.45) is 0. The molecule has 0 spiro atoms. The molecule has 0 heterocycles. The molecule has 2 aromatic carbocycles. The highest BCUT2D eigenvalue weighted by Crippen LogP contribution is 2.23. The molecule has 0 radical (unpaired) electrons. The molecule has 0 fully saturated rings. The highest BCUT2D eigenvalue weighted by atomic mass is 32.2. The van der Waals surface area contributed by atoms with E-state index in [0.29, 0.717) is 11.5 Å². The molecule has 0 saturated heterocycles. The summed E-state index contributed by atoms with van der Waals surface area (Å²) in [6.45, 7) is -0.751. The highest BCUT2D eigenvalue weighted by molar-refractivity contribution is 7.89. The van der Waals surface area contributed by atoms with Crippen molar-refractivity contribution in [2.45, 2.75) is 4.90 Å². The van der Waals surface area contributed by atoms with Crippen LogP contribution in [0.5, 0.6) is 11.5 Å². The molecule has 0 atom stereocenters. The normalized spacial score (nSPS) is 11.6. The van der Waals surface area contributed by atoms with Gasteiger partial charge >= 0.3 is 0 Å². The number of para-hydroxylation sites is 1. The van der Waals surface area contributed by atoms with Gasteiger partial charge in [-0.2, -0.15) is 4.31 Å². The molecule has 7 heteroatoms. The lowest BCUT2D eigenvalue weighted by Gasteiger charge is -2.20. The molecule has 124 valence electrons. The number of benzene rings is 2. The number of sulfonamides is 1. The SMILES string of the molecule is O=S(=O)(c1ccc(Oc2ccccc2)cc1)N(CCO)CCO. The monoisotopic (exact) mass is 337 g/mol. The molecule has 0 aliphatic rings. The van der Waals surface area contributed by atoms with Crippen LogP contribution in [-0.2, 0) is 10.0 Å². The molecular formula is C16H19NO5S. The number of aliphatic hydroxyl groups excluding tert-OH is 2. The Kier molecular flexibility index (Phi) is 6.12. The van der Waals surface area contributed by atoms with Crippen molar-refractivity contribution >= 4 is 10.0 Å². The Morgan fingerprint density at radius 3 is 1.87 bits per heavy atom. The second kappa shape index (κ2) is 8.07. The Morgan fingerprint density at radius 2 is 1.35 bits per heavy atom. The van der Waals surface area contributed by atoms with E-state index in [1.807, 2.05) is 18.2 Å². The first-order valence-corrected chi connectivity index (χ1v) is 8.57. The summed E-state index contributed by atoms with van der Waals surface area (Å²) >= 11 is 0. The van der Waals surface area contributed by atoms with Crippen molar-refractivity contribution in [3.8, 4) is 11.5 Å². The third kappa shape index (κ3) is 4.52. The van der Waals surface area contributed by atoms with E-state index in [2.05, 4.69) is 0 Å². The van der Waals surface area contributed by atoms with Crippen LogP contribution >= 0.6 is 0 Å². The minimum Gasteiger partial charge on any atom is -0.457 e. The zero-order valence-corrected chi connectivity index (χ0v) is 13.3.